The van der Waals surface area contributed by atoms with Crippen molar-refractivity contribution in [2.24, 2.45) is 0 Å². The average Bonchev–Trinajstić information content (AvgIpc) is 2.66. The highest BCUT2D eigenvalue weighted by molar-refractivity contribution is 9.10. The molecule has 3 nitrogen and oxygen atoms in total. The lowest BCUT2D eigenvalue weighted by Gasteiger charge is -2.00. The van der Waals surface area contributed by atoms with Gasteiger partial charge in [0.15, 0.2) is 0 Å². The molecule has 2 aromatic heterocycles. The molecule has 0 bridgehead atoms. The maximum Gasteiger partial charge on any atom is 0.142 e. The highest BCUT2D eigenvalue weighted by Crippen LogP contribution is 2.28. The molecule has 0 unspecified atom stereocenters. The van der Waals surface area contributed by atoms with E-state index in [-0.39, 0.29) is 0 Å². The number of hydrogen-bond acceptors (Lipinski definition) is 4. The molecule has 1 N–H and O–H groups in total. The van der Waals surface area contributed by atoms with Crippen molar-refractivity contribution < 1.29 is 0 Å². The van der Waals surface area contributed by atoms with E-state index < -0.39 is 0 Å². The number of nitrogens with zero attached hydrogens (tertiary/aromatic N) is 2. The van der Waals surface area contributed by atoms with Gasteiger partial charge in [0.25, 0.3) is 0 Å². The quantitative estimate of drug-likeness (QED) is 0.941. The molecule has 2 rings (SSSR count). The minimum absolute atomic E-state index is 0.695. The summed E-state index contributed by atoms with van der Waals surface area (Å²) in [4.78, 5) is 9.80. The lowest BCUT2D eigenvalue weighted by atomic mass is 10.3. The second-order valence-corrected chi connectivity index (χ2v) is 4.84. The summed E-state index contributed by atoms with van der Waals surface area (Å²) < 4.78 is 1.09. The fraction of sp³-hybridized carbons (Fsp3) is 0.200. The van der Waals surface area contributed by atoms with Crippen molar-refractivity contribution in [3.8, 4) is 10.6 Å². The molecule has 78 valence electrons. The summed E-state index contributed by atoms with van der Waals surface area (Å²) in [6, 6.07) is 3.99. The van der Waals surface area contributed by atoms with Crippen molar-refractivity contribution in [1.82, 2.24) is 15.3 Å². The molecule has 0 aromatic carbocycles. The van der Waals surface area contributed by atoms with Crippen molar-refractivity contribution in [3.63, 3.8) is 0 Å². The normalized spacial score (nSPS) is 10.5. The number of nitrogens with one attached hydrogen (secondary N) is 1. The lowest BCUT2D eigenvalue weighted by molar-refractivity contribution is 0.759. The fourth-order valence-electron chi connectivity index (χ4n) is 1.23. The van der Waals surface area contributed by atoms with Crippen LogP contribution in [-0.2, 0) is 6.54 Å². The first-order chi connectivity index (χ1) is 7.29. The molecule has 2 aromatic rings. The smallest absolute Gasteiger partial charge is 0.142 e. The molecular formula is C10H10BrN3S. The topological polar surface area (TPSA) is 37.8 Å². The van der Waals surface area contributed by atoms with Crippen LogP contribution in [0.25, 0.3) is 10.6 Å². The van der Waals surface area contributed by atoms with Gasteiger partial charge in [0.05, 0.1) is 17.1 Å². The zero-order valence-corrected chi connectivity index (χ0v) is 10.6. The van der Waals surface area contributed by atoms with E-state index in [0.717, 1.165) is 20.9 Å². The monoisotopic (exact) mass is 283 g/mol. The molecular weight excluding hydrogens is 274 g/mol. The van der Waals surface area contributed by atoms with Crippen molar-refractivity contribution in [2.45, 2.75) is 6.54 Å². The molecule has 0 aliphatic rings. The first-order valence-corrected chi connectivity index (χ1v) is 6.18. The lowest BCUT2D eigenvalue weighted by Crippen LogP contribution is -2.08. The predicted octanol–water partition coefficient (Wildman–Crippen LogP) is 2.69. The van der Waals surface area contributed by atoms with Gasteiger partial charge in [-0.1, -0.05) is 0 Å². The molecule has 0 aliphatic carbocycles. The summed E-state index contributed by atoms with van der Waals surface area (Å²) in [5.74, 6) is 0.819. The Balaban J connectivity index is 2.32. The summed E-state index contributed by atoms with van der Waals surface area (Å²) in [7, 11) is 1.89. The molecule has 2 heterocycles. The first-order valence-electron chi connectivity index (χ1n) is 4.50. The Hall–Kier alpha value is -0.780. The van der Waals surface area contributed by atoms with Gasteiger partial charge in [0, 0.05) is 16.0 Å². The van der Waals surface area contributed by atoms with E-state index in [2.05, 4.69) is 42.7 Å². The van der Waals surface area contributed by atoms with Crippen LogP contribution in [0.3, 0.4) is 0 Å². The van der Waals surface area contributed by atoms with Gasteiger partial charge in [0.2, 0.25) is 0 Å². The van der Waals surface area contributed by atoms with E-state index in [4.69, 9.17) is 0 Å². The number of halogens is 1. The standard InChI is InChI=1S/C10H10BrN3S/c1-12-5-10-13-3-2-8(14-10)9-4-7(11)6-15-9/h2-4,6,12H,5H2,1H3. The first kappa shape index (κ1) is 10.7. The van der Waals surface area contributed by atoms with E-state index >= 15 is 0 Å². The molecule has 15 heavy (non-hydrogen) atoms. The van der Waals surface area contributed by atoms with Crippen LogP contribution in [0.5, 0.6) is 0 Å². The zero-order valence-electron chi connectivity index (χ0n) is 8.20. The summed E-state index contributed by atoms with van der Waals surface area (Å²) in [6.07, 6.45) is 1.79. The van der Waals surface area contributed by atoms with Crippen molar-refractivity contribution >= 4 is 27.3 Å². The summed E-state index contributed by atoms with van der Waals surface area (Å²) in [6.45, 7) is 0.695. The van der Waals surface area contributed by atoms with Crippen LogP contribution in [-0.4, -0.2) is 17.0 Å². The minimum atomic E-state index is 0.695. The Morgan fingerprint density at radius 2 is 2.40 bits per heavy atom. The van der Waals surface area contributed by atoms with Gasteiger partial charge >= 0.3 is 0 Å². The van der Waals surface area contributed by atoms with Gasteiger partial charge in [0.1, 0.15) is 5.82 Å². The highest BCUT2D eigenvalue weighted by Gasteiger charge is 2.04. The zero-order chi connectivity index (χ0) is 10.7. The Bertz CT molecular complexity index is 455. The van der Waals surface area contributed by atoms with E-state index in [1.807, 2.05) is 13.1 Å². The molecule has 0 spiro atoms. The summed E-state index contributed by atoms with van der Waals surface area (Å²) in [5.41, 5.74) is 0.978. The summed E-state index contributed by atoms with van der Waals surface area (Å²) in [5, 5.41) is 5.09. The number of rotatable bonds is 3. The van der Waals surface area contributed by atoms with Crippen molar-refractivity contribution in [2.75, 3.05) is 7.05 Å². The van der Waals surface area contributed by atoms with E-state index in [9.17, 15) is 0 Å². The average molecular weight is 284 g/mol. The molecule has 0 amide bonds. The molecule has 0 fully saturated rings. The van der Waals surface area contributed by atoms with Gasteiger partial charge in [-0.2, -0.15) is 0 Å². The molecule has 0 saturated carbocycles. The maximum absolute atomic E-state index is 4.46. The van der Waals surface area contributed by atoms with E-state index in [1.165, 1.54) is 0 Å². The van der Waals surface area contributed by atoms with Crippen LogP contribution in [0.4, 0.5) is 0 Å². The van der Waals surface area contributed by atoms with Crippen molar-refractivity contribution in [3.05, 3.63) is 34.0 Å². The third-order valence-electron chi connectivity index (χ3n) is 1.86. The molecule has 0 radical (unpaired) electrons. The third-order valence-corrected chi connectivity index (χ3v) is 3.57. The molecule has 0 aliphatic heterocycles. The van der Waals surface area contributed by atoms with Crippen LogP contribution in [0, 0.1) is 0 Å². The largest absolute Gasteiger partial charge is 0.313 e. The van der Waals surface area contributed by atoms with Crippen molar-refractivity contribution in [1.29, 1.82) is 0 Å². The minimum Gasteiger partial charge on any atom is -0.313 e. The number of thiophene rings is 1. The van der Waals surface area contributed by atoms with Gasteiger partial charge in [-0.15, -0.1) is 11.3 Å². The number of hydrogen-bond donors (Lipinski definition) is 1. The Kier molecular flexibility index (Phi) is 3.45. The van der Waals surface area contributed by atoms with E-state index in [1.54, 1.807) is 17.5 Å². The SMILES string of the molecule is CNCc1nccc(-c2cc(Br)cs2)n1. The van der Waals surface area contributed by atoms with Gasteiger partial charge in [-0.05, 0) is 35.1 Å². The Morgan fingerprint density at radius 3 is 3.07 bits per heavy atom. The van der Waals surface area contributed by atoms with Crippen LogP contribution < -0.4 is 5.32 Å². The van der Waals surface area contributed by atoms with Gasteiger partial charge < -0.3 is 5.32 Å². The Morgan fingerprint density at radius 1 is 1.53 bits per heavy atom. The number of aromatic nitrogens is 2. The maximum atomic E-state index is 4.46. The van der Waals surface area contributed by atoms with Crippen LogP contribution in [0.2, 0.25) is 0 Å². The highest BCUT2D eigenvalue weighted by atomic mass is 79.9. The molecule has 5 heteroatoms. The summed E-state index contributed by atoms with van der Waals surface area (Å²) >= 11 is 5.11. The Labute approximate surface area is 101 Å². The van der Waals surface area contributed by atoms with Gasteiger partial charge in [-0.3, -0.25) is 0 Å². The van der Waals surface area contributed by atoms with E-state index in [0.29, 0.717) is 6.54 Å². The van der Waals surface area contributed by atoms with Crippen LogP contribution in [0.15, 0.2) is 28.2 Å². The second-order valence-electron chi connectivity index (χ2n) is 3.02. The van der Waals surface area contributed by atoms with Crippen LogP contribution >= 0.6 is 27.3 Å². The molecule has 0 atom stereocenters. The second kappa shape index (κ2) is 4.83. The van der Waals surface area contributed by atoms with Crippen LogP contribution in [0.1, 0.15) is 5.82 Å². The third kappa shape index (κ3) is 2.62. The van der Waals surface area contributed by atoms with Gasteiger partial charge in [-0.25, -0.2) is 9.97 Å². The predicted molar refractivity (Wildman–Crippen MR) is 65.8 cm³/mol. The fourth-order valence-corrected chi connectivity index (χ4v) is 2.62. The molecule has 0 saturated heterocycles.